The van der Waals surface area contributed by atoms with Crippen LogP contribution in [0.2, 0.25) is 0 Å². The normalized spacial score (nSPS) is 12.9. The smallest absolute Gasteiger partial charge is 0.261 e. The summed E-state index contributed by atoms with van der Waals surface area (Å²) in [7, 11) is 0. The molecule has 6 nitrogen and oxygen atoms in total. The predicted molar refractivity (Wildman–Crippen MR) is 101 cm³/mol. The topological polar surface area (TPSA) is 75.7 Å². The van der Waals surface area contributed by atoms with Gasteiger partial charge in [-0.2, -0.15) is 0 Å². The number of carbonyl (C=O) groups is 3. The van der Waals surface area contributed by atoms with E-state index in [0.29, 0.717) is 24.3 Å². The zero-order chi connectivity index (χ0) is 19.4. The Labute approximate surface area is 158 Å². The average molecular weight is 366 g/mol. The molecule has 140 valence electrons. The van der Waals surface area contributed by atoms with Gasteiger partial charge in [0.15, 0.2) is 0 Å². The minimum atomic E-state index is -0.346. The van der Waals surface area contributed by atoms with Crippen LogP contribution < -0.4 is 10.1 Å². The fraction of sp³-hybridized carbons (Fsp3) is 0.286. The summed E-state index contributed by atoms with van der Waals surface area (Å²) in [6.07, 6.45) is 0.0645. The van der Waals surface area contributed by atoms with E-state index in [1.807, 2.05) is 32.0 Å². The molecule has 2 aromatic rings. The molecule has 0 radical (unpaired) electrons. The van der Waals surface area contributed by atoms with Gasteiger partial charge >= 0.3 is 0 Å². The van der Waals surface area contributed by atoms with E-state index in [1.165, 1.54) is 5.56 Å². The number of ether oxygens (including phenoxy) is 1. The summed E-state index contributed by atoms with van der Waals surface area (Å²) < 4.78 is 5.66. The summed E-state index contributed by atoms with van der Waals surface area (Å²) in [5, 5.41) is 2.75. The molecule has 0 aromatic heterocycles. The molecule has 0 atom stereocenters. The monoisotopic (exact) mass is 366 g/mol. The van der Waals surface area contributed by atoms with Crippen molar-refractivity contribution in [2.24, 2.45) is 0 Å². The molecule has 1 N–H and O–H groups in total. The lowest BCUT2D eigenvalue weighted by molar-refractivity contribution is -0.121. The van der Waals surface area contributed by atoms with Crippen LogP contribution in [-0.4, -0.2) is 42.3 Å². The fourth-order valence-electron chi connectivity index (χ4n) is 3.06. The number of hydrogen-bond acceptors (Lipinski definition) is 4. The van der Waals surface area contributed by atoms with Crippen LogP contribution in [0.5, 0.6) is 5.75 Å². The number of carbonyl (C=O) groups excluding carboxylic acids is 3. The zero-order valence-electron chi connectivity index (χ0n) is 15.5. The van der Waals surface area contributed by atoms with Crippen molar-refractivity contribution in [3.63, 3.8) is 0 Å². The molecule has 1 heterocycles. The Morgan fingerprint density at radius 2 is 1.70 bits per heavy atom. The Balaban J connectivity index is 1.42. The molecule has 3 rings (SSSR count). The minimum Gasteiger partial charge on any atom is -0.491 e. The molecule has 0 bridgehead atoms. The summed E-state index contributed by atoms with van der Waals surface area (Å²) in [5.74, 6) is -0.125. The number of nitrogens with zero attached hydrogens (tertiary/aromatic N) is 1. The lowest BCUT2D eigenvalue weighted by Crippen LogP contribution is -2.35. The lowest BCUT2D eigenvalue weighted by Gasteiger charge is -2.14. The van der Waals surface area contributed by atoms with Gasteiger partial charge in [-0.1, -0.05) is 29.8 Å². The van der Waals surface area contributed by atoms with Gasteiger partial charge in [0.25, 0.3) is 11.8 Å². The first-order chi connectivity index (χ1) is 13.0. The highest BCUT2D eigenvalue weighted by Crippen LogP contribution is 2.22. The van der Waals surface area contributed by atoms with Crippen molar-refractivity contribution >= 4 is 17.7 Å². The van der Waals surface area contributed by atoms with Crippen LogP contribution >= 0.6 is 0 Å². The molecule has 27 heavy (non-hydrogen) atoms. The van der Waals surface area contributed by atoms with E-state index in [1.54, 1.807) is 24.3 Å². The van der Waals surface area contributed by atoms with Crippen molar-refractivity contribution < 1.29 is 19.1 Å². The molecular formula is C21H22N2O4. The average Bonchev–Trinajstić information content (AvgIpc) is 2.89. The van der Waals surface area contributed by atoms with Crippen LogP contribution in [0.25, 0.3) is 0 Å². The Morgan fingerprint density at radius 3 is 2.33 bits per heavy atom. The van der Waals surface area contributed by atoms with E-state index < -0.39 is 0 Å². The maximum atomic E-state index is 12.2. The predicted octanol–water partition coefficient (Wildman–Crippen LogP) is 2.48. The van der Waals surface area contributed by atoms with Crippen molar-refractivity contribution in [2.75, 3.05) is 19.7 Å². The standard InChI is InChI=1S/C21H22N2O4/c1-14-7-8-18(15(2)13-14)27-12-10-22-19(24)9-11-23-20(25)16-5-3-4-6-17(16)21(23)26/h3-8,13H,9-12H2,1-2H3,(H,22,24). The third-order valence-corrected chi connectivity index (χ3v) is 4.45. The second-order valence-electron chi connectivity index (χ2n) is 6.52. The highest BCUT2D eigenvalue weighted by atomic mass is 16.5. The van der Waals surface area contributed by atoms with Gasteiger partial charge in [0.1, 0.15) is 12.4 Å². The first-order valence-electron chi connectivity index (χ1n) is 8.89. The molecule has 0 fully saturated rings. The molecule has 2 aromatic carbocycles. The molecule has 0 saturated heterocycles. The first kappa shape index (κ1) is 18.6. The van der Waals surface area contributed by atoms with Crippen molar-refractivity contribution in [2.45, 2.75) is 20.3 Å². The van der Waals surface area contributed by atoms with Crippen LogP contribution in [0.4, 0.5) is 0 Å². The minimum absolute atomic E-state index is 0.0645. The number of amides is 3. The van der Waals surface area contributed by atoms with Gasteiger partial charge in [0.2, 0.25) is 5.91 Å². The van der Waals surface area contributed by atoms with Gasteiger partial charge in [0.05, 0.1) is 17.7 Å². The Morgan fingerprint density at radius 1 is 1.04 bits per heavy atom. The molecule has 3 amide bonds. The summed E-state index contributed by atoms with van der Waals surface area (Å²) in [6, 6.07) is 12.6. The molecule has 0 unspecified atom stereocenters. The van der Waals surface area contributed by atoms with Crippen molar-refractivity contribution in [3.05, 3.63) is 64.7 Å². The van der Waals surface area contributed by atoms with Crippen LogP contribution in [0, 0.1) is 13.8 Å². The Hall–Kier alpha value is -3.15. The molecular weight excluding hydrogens is 344 g/mol. The van der Waals surface area contributed by atoms with Crippen molar-refractivity contribution in [3.8, 4) is 5.75 Å². The first-order valence-corrected chi connectivity index (χ1v) is 8.89. The van der Waals surface area contributed by atoms with Gasteiger partial charge in [-0.3, -0.25) is 19.3 Å². The van der Waals surface area contributed by atoms with E-state index in [4.69, 9.17) is 4.74 Å². The number of hydrogen-bond donors (Lipinski definition) is 1. The molecule has 0 aliphatic carbocycles. The SMILES string of the molecule is Cc1ccc(OCCNC(=O)CCN2C(=O)c3ccccc3C2=O)c(C)c1. The quantitative estimate of drug-likeness (QED) is 0.603. The zero-order valence-corrected chi connectivity index (χ0v) is 15.5. The second-order valence-corrected chi connectivity index (χ2v) is 6.52. The Bertz CT molecular complexity index is 857. The number of fused-ring (bicyclic) bond motifs is 1. The number of rotatable bonds is 7. The second kappa shape index (κ2) is 8.03. The van der Waals surface area contributed by atoms with Crippen molar-refractivity contribution in [1.82, 2.24) is 10.2 Å². The van der Waals surface area contributed by atoms with Gasteiger partial charge < -0.3 is 10.1 Å². The summed E-state index contributed by atoms with van der Waals surface area (Å²) >= 11 is 0. The van der Waals surface area contributed by atoms with Gasteiger partial charge in [0, 0.05) is 13.0 Å². The summed E-state index contributed by atoms with van der Waals surface area (Å²) in [4.78, 5) is 37.6. The van der Waals surface area contributed by atoms with Crippen LogP contribution in [-0.2, 0) is 4.79 Å². The third-order valence-electron chi connectivity index (χ3n) is 4.45. The third kappa shape index (κ3) is 4.16. The molecule has 0 spiro atoms. The van der Waals surface area contributed by atoms with Crippen LogP contribution in [0.15, 0.2) is 42.5 Å². The van der Waals surface area contributed by atoms with Gasteiger partial charge in [-0.25, -0.2) is 0 Å². The highest BCUT2D eigenvalue weighted by molar-refractivity contribution is 6.21. The molecule has 0 saturated carbocycles. The van der Waals surface area contributed by atoms with Crippen LogP contribution in [0.3, 0.4) is 0 Å². The number of imide groups is 1. The summed E-state index contributed by atoms with van der Waals surface area (Å²) in [6.45, 7) is 4.77. The maximum absolute atomic E-state index is 12.2. The van der Waals surface area contributed by atoms with E-state index in [2.05, 4.69) is 5.32 Å². The molecule has 1 aliphatic heterocycles. The summed E-state index contributed by atoms with van der Waals surface area (Å²) in [5.41, 5.74) is 3.00. The number of aryl methyl sites for hydroxylation is 2. The van der Waals surface area contributed by atoms with Gasteiger partial charge in [-0.15, -0.1) is 0 Å². The van der Waals surface area contributed by atoms with E-state index in [0.717, 1.165) is 16.2 Å². The maximum Gasteiger partial charge on any atom is 0.261 e. The fourth-order valence-corrected chi connectivity index (χ4v) is 3.06. The molecule has 1 aliphatic rings. The molecule has 6 heteroatoms. The van der Waals surface area contributed by atoms with Gasteiger partial charge in [-0.05, 0) is 37.6 Å². The van der Waals surface area contributed by atoms with E-state index >= 15 is 0 Å². The van der Waals surface area contributed by atoms with Crippen molar-refractivity contribution in [1.29, 1.82) is 0 Å². The lowest BCUT2D eigenvalue weighted by atomic mass is 10.1. The van der Waals surface area contributed by atoms with E-state index in [9.17, 15) is 14.4 Å². The largest absolute Gasteiger partial charge is 0.491 e. The number of nitrogens with one attached hydrogen (secondary N) is 1. The van der Waals surface area contributed by atoms with E-state index in [-0.39, 0.29) is 30.7 Å². The number of benzene rings is 2. The highest BCUT2D eigenvalue weighted by Gasteiger charge is 2.34. The Kier molecular flexibility index (Phi) is 5.54. The van der Waals surface area contributed by atoms with Crippen LogP contribution in [0.1, 0.15) is 38.3 Å².